The van der Waals surface area contributed by atoms with E-state index in [9.17, 15) is 0 Å². The highest BCUT2D eigenvalue weighted by Gasteiger charge is 2.60. The predicted octanol–water partition coefficient (Wildman–Crippen LogP) is 7.59. The Morgan fingerprint density at radius 1 is 0.459 bits per heavy atom. The number of benzene rings is 4. The fraction of sp³-hybridized carbons (Fsp3) is 0.212. The third-order valence-electron chi connectivity index (χ3n) is 7.67. The van der Waals surface area contributed by atoms with Gasteiger partial charge in [-0.1, -0.05) is 121 Å². The van der Waals surface area contributed by atoms with Crippen LogP contribution in [0.4, 0.5) is 0 Å². The highest BCUT2D eigenvalue weighted by atomic mass is 16.5. The molecule has 4 nitrogen and oxygen atoms in total. The maximum absolute atomic E-state index is 6.73. The summed E-state index contributed by atoms with van der Waals surface area (Å²) in [6.07, 6.45) is 1.51. The minimum Gasteiger partial charge on any atom is -0.469 e. The van der Waals surface area contributed by atoms with E-state index in [2.05, 4.69) is 97.1 Å². The lowest BCUT2D eigenvalue weighted by atomic mass is 9.97. The van der Waals surface area contributed by atoms with Crippen molar-refractivity contribution in [2.45, 2.75) is 37.1 Å². The van der Waals surface area contributed by atoms with E-state index < -0.39 is 5.41 Å². The highest BCUT2D eigenvalue weighted by molar-refractivity contribution is 6.09. The average molecular weight is 485 g/mol. The van der Waals surface area contributed by atoms with Gasteiger partial charge in [0.05, 0.1) is 0 Å². The molecule has 4 atom stereocenters. The molecule has 7 rings (SSSR count). The number of nitrogens with zero attached hydrogens (tertiary/aromatic N) is 2. The summed E-state index contributed by atoms with van der Waals surface area (Å²) in [4.78, 5) is 10.4. The quantitative estimate of drug-likeness (QED) is 0.283. The molecule has 2 aliphatic heterocycles. The van der Waals surface area contributed by atoms with Crippen LogP contribution in [0.15, 0.2) is 131 Å². The molecule has 182 valence electrons. The summed E-state index contributed by atoms with van der Waals surface area (Å²) in [6, 6.07) is 41.5. The molecule has 1 aliphatic carbocycles. The van der Waals surface area contributed by atoms with Crippen LogP contribution in [0.5, 0.6) is 0 Å². The zero-order valence-electron chi connectivity index (χ0n) is 20.5. The molecule has 0 radical (unpaired) electrons. The number of aliphatic imine (C=N–C) groups is 2. The minimum absolute atomic E-state index is 0.104. The van der Waals surface area contributed by atoms with Gasteiger partial charge in [0.1, 0.15) is 17.5 Å². The molecule has 0 saturated heterocycles. The van der Waals surface area contributed by atoms with E-state index in [1.807, 2.05) is 24.3 Å². The minimum atomic E-state index is -0.396. The van der Waals surface area contributed by atoms with Crippen molar-refractivity contribution in [3.05, 3.63) is 144 Å². The molecular formula is C33H28N2O2. The van der Waals surface area contributed by atoms with E-state index in [0.717, 1.165) is 46.9 Å². The molecule has 0 unspecified atom stereocenters. The molecule has 1 fully saturated rings. The molecule has 0 N–H and O–H groups in total. The normalized spacial score (nSPS) is 25.5. The lowest BCUT2D eigenvalue weighted by Crippen LogP contribution is -2.27. The van der Waals surface area contributed by atoms with E-state index in [1.165, 1.54) is 0 Å². The second kappa shape index (κ2) is 9.04. The monoisotopic (exact) mass is 484 g/mol. The predicted molar refractivity (Wildman–Crippen MR) is 145 cm³/mol. The lowest BCUT2D eigenvalue weighted by molar-refractivity contribution is 0.170. The second-order valence-electron chi connectivity index (χ2n) is 10.1. The van der Waals surface area contributed by atoms with Crippen molar-refractivity contribution in [1.29, 1.82) is 0 Å². The Hall–Kier alpha value is -4.18. The van der Waals surface area contributed by atoms with Crippen molar-refractivity contribution in [2.75, 3.05) is 0 Å². The van der Waals surface area contributed by atoms with Crippen molar-refractivity contribution >= 4 is 11.8 Å². The van der Waals surface area contributed by atoms with Gasteiger partial charge >= 0.3 is 0 Å². The first-order valence-corrected chi connectivity index (χ1v) is 13.0. The number of rotatable bonds is 6. The summed E-state index contributed by atoms with van der Waals surface area (Å²) in [5.41, 5.74) is 4.17. The summed E-state index contributed by atoms with van der Waals surface area (Å²) >= 11 is 0. The largest absolute Gasteiger partial charge is 0.469 e. The third-order valence-corrected chi connectivity index (χ3v) is 7.67. The zero-order chi connectivity index (χ0) is 24.7. The number of ether oxygens (including phenoxy) is 2. The molecule has 3 aliphatic rings. The summed E-state index contributed by atoms with van der Waals surface area (Å²) in [5, 5.41) is 0. The Labute approximate surface area is 217 Å². The van der Waals surface area contributed by atoms with Crippen LogP contribution >= 0.6 is 0 Å². The molecule has 2 heterocycles. The van der Waals surface area contributed by atoms with Crippen LogP contribution in [0.2, 0.25) is 0 Å². The molecule has 4 aromatic rings. The highest BCUT2D eigenvalue weighted by Crippen LogP contribution is 2.57. The first-order chi connectivity index (χ1) is 18.3. The third kappa shape index (κ3) is 3.93. The van der Waals surface area contributed by atoms with Crippen LogP contribution < -0.4 is 0 Å². The van der Waals surface area contributed by atoms with Crippen molar-refractivity contribution in [3.63, 3.8) is 0 Å². The fourth-order valence-electron chi connectivity index (χ4n) is 5.52. The van der Waals surface area contributed by atoms with Crippen molar-refractivity contribution in [3.8, 4) is 0 Å². The van der Waals surface area contributed by atoms with E-state index >= 15 is 0 Å². The van der Waals surface area contributed by atoms with Gasteiger partial charge in [0, 0.05) is 0 Å². The summed E-state index contributed by atoms with van der Waals surface area (Å²) in [6.45, 7) is 0. The molecule has 37 heavy (non-hydrogen) atoms. The Morgan fingerprint density at radius 2 is 0.784 bits per heavy atom. The Morgan fingerprint density at radius 3 is 1.11 bits per heavy atom. The van der Waals surface area contributed by atoms with Gasteiger partial charge in [0.2, 0.25) is 11.8 Å². The lowest BCUT2D eigenvalue weighted by Gasteiger charge is -2.21. The molecule has 0 amide bonds. The van der Waals surface area contributed by atoms with E-state index in [-0.39, 0.29) is 24.3 Å². The van der Waals surface area contributed by atoms with Crippen LogP contribution in [0.3, 0.4) is 0 Å². The van der Waals surface area contributed by atoms with E-state index in [0.29, 0.717) is 0 Å². The molecule has 0 aromatic heterocycles. The average Bonchev–Trinajstić information content (AvgIpc) is 3.45. The van der Waals surface area contributed by atoms with Crippen molar-refractivity contribution in [2.24, 2.45) is 15.4 Å². The van der Waals surface area contributed by atoms with E-state index in [1.54, 1.807) is 0 Å². The van der Waals surface area contributed by atoms with Gasteiger partial charge in [-0.05, 0) is 35.1 Å². The molecule has 4 aromatic carbocycles. The summed E-state index contributed by atoms with van der Waals surface area (Å²) in [5.74, 6) is 1.52. The van der Waals surface area contributed by atoms with Gasteiger partial charge in [-0.25, -0.2) is 9.98 Å². The molecule has 0 bridgehead atoms. The molecule has 4 heteroatoms. The van der Waals surface area contributed by atoms with Crippen LogP contribution in [0.1, 0.15) is 59.4 Å². The molecule has 0 spiro atoms. The first kappa shape index (κ1) is 22.1. The Balaban J connectivity index is 1.26. The van der Waals surface area contributed by atoms with Crippen molar-refractivity contribution in [1.82, 2.24) is 0 Å². The maximum atomic E-state index is 6.73. The fourth-order valence-corrected chi connectivity index (χ4v) is 5.52. The standard InChI is InChI=1S/C33H28N2O2/c1-5-13-23(14-6-1)27-29(25-17-9-3-10-18-25)36-31(34-27)33(21-22-33)32-35-28(24-15-7-2-8-16-24)30(37-32)26-19-11-4-12-20-26/h1-20,27-30H,21-22H2/t27-,28-,29+,30+/m0/s1. The molecule has 1 saturated carbocycles. The smallest absolute Gasteiger partial charge is 0.200 e. The van der Waals surface area contributed by atoms with Gasteiger partial charge in [-0.15, -0.1) is 0 Å². The number of hydrogen-bond acceptors (Lipinski definition) is 4. The van der Waals surface area contributed by atoms with E-state index in [4.69, 9.17) is 19.5 Å². The van der Waals surface area contributed by atoms with Gasteiger partial charge in [-0.2, -0.15) is 0 Å². The van der Waals surface area contributed by atoms with Crippen LogP contribution in [0.25, 0.3) is 0 Å². The maximum Gasteiger partial charge on any atom is 0.200 e. The van der Waals surface area contributed by atoms with Gasteiger partial charge < -0.3 is 9.47 Å². The SMILES string of the molecule is c1ccc([C@H]2OC(C3(C4=N[C@@H](c5ccccc5)[C@@H](c5ccccc5)O4)CC3)=N[C@H]2c2ccccc2)cc1. The Kier molecular flexibility index (Phi) is 5.39. The van der Waals surface area contributed by atoms with Crippen LogP contribution in [-0.2, 0) is 9.47 Å². The van der Waals surface area contributed by atoms with Crippen LogP contribution in [0, 0.1) is 5.41 Å². The first-order valence-electron chi connectivity index (χ1n) is 13.0. The van der Waals surface area contributed by atoms with Gasteiger partial charge in [-0.3, -0.25) is 0 Å². The summed E-state index contributed by atoms with van der Waals surface area (Å²) in [7, 11) is 0. The zero-order valence-corrected chi connectivity index (χ0v) is 20.5. The summed E-state index contributed by atoms with van der Waals surface area (Å²) < 4.78 is 13.5. The van der Waals surface area contributed by atoms with Crippen molar-refractivity contribution < 1.29 is 9.47 Å². The second-order valence-corrected chi connectivity index (χ2v) is 10.1. The van der Waals surface area contributed by atoms with Crippen LogP contribution in [-0.4, -0.2) is 11.8 Å². The Bertz CT molecular complexity index is 1320. The van der Waals surface area contributed by atoms with Gasteiger partial charge in [0.25, 0.3) is 0 Å². The topological polar surface area (TPSA) is 43.2 Å². The van der Waals surface area contributed by atoms with Gasteiger partial charge in [0.15, 0.2) is 12.2 Å². The molecular weight excluding hydrogens is 456 g/mol. The number of hydrogen-bond donors (Lipinski definition) is 0.